The summed E-state index contributed by atoms with van der Waals surface area (Å²) >= 11 is 0. The third kappa shape index (κ3) is 6.19. The normalized spacial score (nSPS) is 11.7. The minimum absolute atomic E-state index is 0.138. The largest absolute Gasteiger partial charge is 0.352 e. The molecule has 0 aliphatic rings. The Bertz CT molecular complexity index is 321. The van der Waals surface area contributed by atoms with Gasteiger partial charge in [0, 0.05) is 25.8 Å². The van der Waals surface area contributed by atoms with Crippen molar-refractivity contribution in [3.63, 3.8) is 0 Å². The molecule has 3 heteroatoms. The SMILES string of the molecule is CCOC(CN(Cc1ccccc1)C(C)C)OCC. The highest BCUT2D eigenvalue weighted by molar-refractivity contribution is 5.14. The zero-order valence-corrected chi connectivity index (χ0v) is 12.6. The number of ether oxygens (including phenoxy) is 2. The lowest BCUT2D eigenvalue weighted by Gasteiger charge is -2.30. The molecule has 0 atom stereocenters. The van der Waals surface area contributed by atoms with Gasteiger partial charge in [0.05, 0.1) is 6.54 Å². The van der Waals surface area contributed by atoms with Crippen molar-refractivity contribution < 1.29 is 9.47 Å². The Morgan fingerprint density at radius 1 is 1.00 bits per heavy atom. The summed E-state index contributed by atoms with van der Waals surface area (Å²) in [4.78, 5) is 2.38. The Balaban J connectivity index is 2.61. The molecule has 0 N–H and O–H groups in total. The molecule has 19 heavy (non-hydrogen) atoms. The quantitative estimate of drug-likeness (QED) is 0.639. The predicted octanol–water partition coefficient (Wildman–Crippen LogP) is 3.30. The Labute approximate surface area is 117 Å². The zero-order valence-electron chi connectivity index (χ0n) is 12.6. The molecule has 0 unspecified atom stereocenters. The van der Waals surface area contributed by atoms with Crippen LogP contribution in [0.2, 0.25) is 0 Å². The third-order valence-corrected chi connectivity index (χ3v) is 3.05. The standard InChI is InChI=1S/C16H27NO2/c1-5-18-16(19-6-2)13-17(14(3)4)12-15-10-8-7-9-11-15/h7-11,14,16H,5-6,12-13H2,1-4H3. The van der Waals surface area contributed by atoms with Gasteiger partial charge in [-0.3, -0.25) is 4.90 Å². The molecule has 0 amide bonds. The highest BCUT2D eigenvalue weighted by atomic mass is 16.7. The summed E-state index contributed by atoms with van der Waals surface area (Å²) in [5, 5.41) is 0. The predicted molar refractivity (Wildman–Crippen MR) is 79.0 cm³/mol. The van der Waals surface area contributed by atoms with Crippen LogP contribution < -0.4 is 0 Å². The molecule has 3 nitrogen and oxygen atoms in total. The highest BCUT2D eigenvalue weighted by Crippen LogP contribution is 2.10. The van der Waals surface area contributed by atoms with Crippen LogP contribution in [0.5, 0.6) is 0 Å². The second-order valence-electron chi connectivity index (χ2n) is 4.85. The van der Waals surface area contributed by atoms with E-state index in [1.165, 1.54) is 5.56 Å². The van der Waals surface area contributed by atoms with E-state index in [0.29, 0.717) is 19.3 Å². The van der Waals surface area contributed by atoms with Gasteiger partial charge in [-0.05, 0) is 33.3 Å². The minimum Gasteiger partial charge on any atom is -0.352 e. The third-order valence-electron chi connectivity index (χ3n) is 3.05. The van der Waals surface area contributed by atoms with E-state index in [9.17, 15) is 0 Å². The van der Waals surface area contributed by atoms with E-state index in [1.807, 2.05) is 19.9 Å². The molecular formula is C16H27NO2. The summed E-state index contributed by atoms with van der Waals surface area (Å²) in [5.74, 6) is 0. The van der Waals surface area contributed by atoms with Gasteiger partial charge in [0.1, 0.15) is 0 Å². The van der Waals surface area contributed by atoms with E-state index in [1.54, 1.807) is 0 Å². The second kappa shape index (κ2) is 9.08. The van der Waals surface area contributed by atoms with Crippen molar-refractivity contribution in [2.24, 2.45) is 0 Å². The van der Waals surface area contributed by atoms with E-state index in [0.717, 1.165) is 13.1 Å². The van der Waals surface area contributed by atoms with Gasteiger partial charge in [0.25, 0.3) is 0 Å². The maximum absolute atomic E-state index is 5.64. The summed E-state index contributed by atoms with van der Waals surface area (Å²) in [6, 6.07) is 11.0. The fourth-order valence-corrected chi connectivity index (χ4v) is 1.99. The zero-order chi connectivity index (χ0) is 14.1. The Kier molecular flexibility index (Phi) is 7.72. The second-order valence-corrected chi connectivity index (χ2v) is 4.85. The first kappa shape index (κ1) is 16.2. The average Bonchev–Trinajstić information content (AvgIpc) is 2.39. The fourth-order valence-electron chi connectivity index (χ4n) is 1.99. The van der Waals surface area contributed by atoms with Gasteiger partial charge in [-0.2, -0.15) is 0 Å². The molecule has 0 aliphatic heterocycles. The lowest BCUT2D eigenvalue weighted by Crippen LogP contribution is -2.39. The molecule has 0 bridgehead atoms. The van der Waals surface area contributed by atoms with Gasteiger partial charge in [0.15, 0.2) is 6.29 Å². The molecule has 1 aromatic carbocycles. The van der Waals surface area contributed by atoms with Gasteiger partial charge in [-0.1, -0.05) is 30.3 Å². The van der Waals surface area contributed by atoms with Crippen LogP contribution in [0.3, 0.4) is 0 Å². The molecule has 0 aliphatic carbocycles. The van der Waals surface area contributed by atoms with Crippen LogP contribution in [0.25, 0.3) is 0 Å². The number of hydrogen-bond acceptors (Lipinski definition) is 3. The average molecular weight is 265 g/mol. The van der Waals surface area contributed by atoms with Gasteiger partial charge in [-0.25, -0.2) is 0 Å². The van der Waals surface area contributed by atoms with E-state index < -0.39 is 0 Å². The van der Waals surface area contributed by atoms with E-state index >= 15 is 0 Å². The molecule has 0 aromatic heterocycles. The highest BCUT2D eigenvalue weighted by Gasteiger charge is 2.17. The number of benzene rings is 1. The summed E-state index contributed by atoms with van der Waals surface area (Å²) < 4.78 is 11.3. The van der Waals surface area contributed by atoms with Gasteiger partial charge < -0.3 is 9.47 Å². The van der Waals surface area contributed by atoms with Crippen molar-refractivity contribution in [3.05, 3.63) is 35.9 Å². The maximum atomic E-state index is 5.64. The van der Waals surface area contributed by atoms with Crippen molar-refractivity contribution in [1.82, 2.24) is 4.90 Å². The maximum Gasteiger partial charge on any atom is 0.170 e. The number of rotatable bonds is 9. The molecule has 0 spiro atoms. The number of nitrogens with zero attached hydrogens (tertiary/aromatic N) is 1. The molecule has 0 fully saturated rings. The van der Waals surface area contributed by atoms with E-state index in [4.69, 9.17) is 9.47 Å². The molecule has 1 rings (SSSR count). The minimum atomic E-state index is -0.138. The molecule has 1 aromatic rings. The van der Waals surface area contributed by atoms with Crippen molar-refractivity contribution >= 4 is 0 Å². The van der Waals surface area contributed by atoms with E-state index in [-0.39, 0.29) is 6.29 Å². The molecule has 0 saturated heterocycles. The summed E-state index contributed by atoms with van der Waals surface area (Å²) in [7, 11) is 0. The van der Waals surface area contributed by atoms with Crippen LogP contribution in [0, 0.1) is 0 Å². The first-order valence-corrected chi connectivity index (χ1v) is 7.18. The first-order valence-electron chi connectivity index (χ1n) is 7.18. The summed E-state index contributed by atoms with van der Waals surface area (Å²) in [6.45, 7) is 11.5. The van der Waals surface area contributed by atoms with Gasteiger partial charge in [-0.15, -0.1) is 0 Å². The van der Waals surface area contributed by atoms with Crippen LogP contribution in [-0.4, -0.2) is 37.0 Å². The van der Waals surface area contributed by atoms with Gasteiger partial charge in [0.2, 0.25) is 0 Å². The Morgan fingerprint density at radius 2 is 1.58 bits per heavy atom. The summed E-state index contributed by atoms with van der Waals surface area (Å²) in [5.41, 5.74) is 1.32. The lowest BCUT2D eigenvalue weighted by molar-refractivity contribution is -0.150. The Hall–Kier alpha value is -0.900. The van der Waals surface area contributed by atoms with Crippen LogP contribution in [0.15, 0.2) is 30.3 Å². The molecule has 0 radical (unpaired) electrons. The number of hydrogen-bond donors (Lipinski definition) is 0. The Morgan fingerprint density at radius 3 is 2.05 bits per heavy atom. The summed E-state index contributed by atoms with van der Waals surface area (Å²) in [6.07, 6.45) is -0.138. The fraction of sp³-hybridized carbons (Fsp3) is 0.625. The van der Waals surface area contributed by atoms with Crippen molar-refractivity contribution in [2.75, 3.05) is 19.8 Å². The van der Waals surface area contributed by atoms with Crippen LogP contribution in [0.4, 0.5) is 0 Å². The van der Waals surface area contributed by atoms with Crippen molar-refractivity contribution in [1.29, 1.82) is 0 Å². The smallest absolute Gasteiger partial charge is 0.170 e. The van der Waals surface area contributed by atoms with Crippen LogP contribution in [-0.2, 0) is 16.0 Å². The van der Waals surface area contributed by atoms with Crippen molar-refractivity contribution in [3.8, 4) is 0 Å². The van der Waals surface area contributed by atoms with Crippen molar-refractivity contribution in [2.45, 2.75) is 46.6 Å². The molecule has 108 valence electrons. The van der Waals surface area contributed by atoms with Gasteiger partial charge >= 0.3 is 0 Å². The molecular weight excluding hydrogens is 238 g/mol. The molecule has 0 saturated carbocycles. The molecule has 0 heterocycles. The van der Waals surface area contributed by atoms with E-state index in [2.05, 4.69) is 43.0 Å². The first-order chi connectivity index (χ1) is 9.17. The topological polar surface area (TPSA) is 21.7 Å². The monoisotopic (exact) mass is 265 g/mol. The van der Waals surface area contributed by atoms with Crippen LogP contribution >= 0.6 is 0 Å². The lowest BCUT2D eigenvalue weighted by atomic mass is 10.2. The van der Waals surface area contributed by atoms with Crippen LogP contribution in [0.1, 0.15) is 33.3 Å².